The summed E-state index contributed by atoms with van der Waals surface area (Å²) in [6.07, 6.45) is 7.04. The molecular weight excluding hydrogens is 266 g/mol. The minimum Gasteiger partial charge on any atom is -0.344 e. The Morgan fingerprint density at radius 2 is 1.90 bits per heavy atom. The van der Waals surface area contributed by atoms with E-state index in [4.69, 9.17) is 5.26 Å². The zero-order valence-electron chi connectivity index (χ0n) is 13.2. The molecule has 21 heavy (non-hydrogen) atoms. The molecule has 0 unspecified atom stereocenters. The lowest BCUT2D eigenvalue weighted by Gasteiger charge is -2.26. The van der Waals surface area contributed by atoms with Gasteiger partial charge in [-0.15, -0.1) is 0 Å². The van der Waals surface area contributed by atoms with Crippen LogP contribution in [0.3, 0.4) is 0 Å². The number of carbonyl (C=O) groups excluding carboxylic acids is 2. The Morgan fingerprint density at radius 1 is 1.24 bits per heavy atom. The molecule has 2 amide bonds. The molecular formula is C16H27N3O2. The van der Waals surface area contributed by atoms with Crippen LogP contribution in [-0.4, -0.2) is 24.4 Å². The Hall–Kier alpha value is -1.57. The van der Waals surface area contributed by atoms with Gasteiger partial charge >= 0.3 is 0 Å². The summed E-state index contributed by atoms with van der Waals surface area (Å²) < 4.78 is 0. The third kappa shape index (κ3) is 7.12. The fourth-order valence-corrected chi connectivity index (χ4v) is 2.86. The van der Waals surface area contributed by atoms with Gasteiger partial charge in [-0.1, -0.05) is 46.0 Å². The minimum atomic E-state index is -0.507. The van der Waals surface area contributed by atoms with Gasteiger partial charge in [-0.05, 0) is 18.3 Å². The number of nitriles is 1. The molecule has 0 bridgehead atoms. The van der Waals surface area contributed by atoms with Crippen molar-refractivity contribution in [3.63, 3.8) is 0 Å². The van der Waals surface area contributed by atoms with E-state index in [1.54, 1.807) is 0 Å². The lowest BCUT2D eigenvalue weighted by atomic mass is 9.84. The second-order valence-corrected chi connectivity index (χ2v) is 6.33. The number of hydrogen-bond acceptors (Lipinski definition) is 3. The maximum Gasteiger partial charge on any atom is 0.243 e. The molecule has 2 N–H and O–H groups in total. The van der Waals surface area contributed by atoms with E-state index in [-0.39, 0.29) is 24.3 Å². The molecule has 0 heterocycles. The van der Waals surface area contributed by atoms with E-state index < -0.39 is 6.04 Å². The number of carbonyl (C=O) groups is 2. The van der Waals surface area contributed by atoms with Crippen molar-refractivity contribution in [3.05, 3.63) is 0 Å². The van der Waals surface area contributed by atoms with Gasteiger partial charge in [0.15, 0.2) is 0 Å². The third-order valence-electron chi connectivity index (χ3n) is 3.88. The lowest BCUT2D eigenvalue weighted by Crippen LogP contribution is -2.48. The first-order valence-corrected chi connectivity index (χ1v) is 7.97. The van der Waals surface area contributed by atoms with Crippen molar-refractivity contribution in [2.75, 3.05) is 6.54 Å². The number of rotatable bonds is 7. The molecule has 5 nitrogen and oxygen atoms in total. The molecule has 0 aromatic rings. The van der Waals surface area contributed by atoms with Crippen LogP contribution in [0.5, 0.6) is 0 Å². The molecule has 0 spiro atoms. The SMILES string of the molecule is CC(C)CC(=O)N[C@@H](CC1CCCCC1)C(=O)NCC#N. The predicted molar refractivity (Wildman–Crippen MR) is 81.2 cm³/mol. The number of nitrogens with zero attached hydrogens (tertiary/aromatic N) is 1. The molecule has 118 valence electrons. The smallest absolute Gasteiger partial charge is 0.243 e. The van der Waals surface area contributed by atoms with Gasteiger partial charge in [0, 0.05) is 6.42 Å². The van der Waals surface area contributed by atoms with E-state index >= 15 is 0 Å². The standard InChI is InChI=1S/C16H27N3O2/c1-12(2)10-15(20)19-14(16(21)18-9-8-17)11-13-6-4-3-5-7-13/h12-14H,3-7,9-11H2,1-2H3,(H,18,21)(H,19,20)/t14-/m0/s1. The maximum atomic E-state index is 12.1. The van der Waals surface area contributed by atoms with E-state index in [9.17, 15) is 9.59 Å². The van der Waals surface area contributed by atoms with Gasteiger partial charge in [-0.2, -0.15) is 5.26 Å². The normalized spacial score (nSPS) is 17.0. The van der Waals surface area contributed by atoms with Crippen molar-refractivity contribution < 1.29 is 9.59 Å². The zero-order valence-corrected chi connectivity index (χ0v) is 13.2. The molecule has 1 fully saturated rings. The van der Waals surface area contributed by atoms with Crippen LogP contribution in [0.25, 0.3) is 0 Å². The van der Waals surface area contributed by atoms with Gasteiger partial charge in [0.2, 0.25) is 11.8 Å². The second-order valence-electron chi connectivity index (χ2n) is 6.33. The first-order valence-electron chi connectivity index (χ1n) is 7.97. The molecule has 1 rings (SSSR count). The van der Waals surface area contributed by atoms with Crippen LogP contribution in [0.15, 0.2) is 0 Å². The van der Waals surface area contributed by atoms with Crippen LogP contribution in [-0.2, 0) is 9.59 Å². The highest BCUT2D eigenvalue weighted by atomic mass is 16.2. The summed E-state index contributed by atoms with van der Waals surface area (Å²) in [7, 11) is 0. The van der Waals surface area contributed by atoms with E-state index in [0.29, 0.717) is 18.8 Å². The summed E-state index contributed by atoms with van der Waals surface area (Å²) in [5.41, 5.74) is 0. The first kappa shape index (κ1) is 17.5. The third-order valence-corrected chi connectivity index (χ3v) is 3.88. The topological polar surface area (TPSA) is 82.0 Å². The zero-order chi connectivity index (χ0) is 15.7. The van der Waals surface area contributed by atoms with Crippen molar-refractivity contribution in [1.29, 1.82) is 5.26 Å². The Balaban J connectivity index is 2.57. The molecule has 0 aromatic heterocycles. The Bertz CT molecular complexity index is 381. The predicted octanol–water partition coefficient (Wildman–Crippen LogP) is 2.13. The highest BCUT2D eigenvalue weighted by Crippen LogP contribution is 2.27. The Morgan fingerprint density at radius 3 is 2.48 bits per heavy atom. The average molecular weight is 293 g/mol. The summed E-state index contributed by atoms with van der Waals surface area (Å²) in [4.78, 5) is 24.0. The summed E-state index contributed by atoms with van der Waals surface area (Å²) in [6.45, 7) is 3.94. The van der Waals surface area contributed by atoms with Crippen LogP contribution >= 0.6 is 0 Å². The van der Waals surface area contributed by atoms with Crippen LogP contribution in [0.2, 0.25) is 0 Å². The van der Waals surface area contributed by atoms with Crippen LogP contribution in [0, 0.1) is 23.2 Å². The average Bonchev–Trinajstić information content (AvgIpc) is 2.44. The second kappa shape index (κ2) is 9.38. The van der Waals surface area contributed by atoms with Gasteiger partial charge < -0.3 is 10.6 Å². The van der Waals surface area contributed by atoms with Crippen LogP contribution in [0.1, 0.15) is 58.8 Å². The van der Waals surface area contributed by atoms with Crippen LogP contribution < -0.4 is 10.6 Å². The van der Waals surface area contributed by atoms with Crippen molar-refractivity contribution in [1.82, 2.24) is 10.6 Å². The van der Waals surface area contributed by atoms with Gasteiger partial charge in [-0.25, -0.2) is 0 Å². The molecule has 5 heteroatoms. The maximum absolute atomic E-state index is 12.1. The molecule has 0 saturated heterocycles. The summed E-state index contributed by atoms with van der Waals surface area (Å²) in [6, 6.07) is 1.39. The lowest BCUT2D eigenvalue weighted by molar-refractivity contribution is -0.129. The molecule has 0 radical (unpaired) electrons. The number of amides is 2. The fraction of sp³-hybridized carbons (Fsp3) is 0.812. The van der Waals surface area contributed by atoms with Gasteiger partial charge in [0.25, 0.3) is 0 Å². The van der Waals surface area contributed by atoms with Crippen molar-refractivity contribution in [2.24, 2.45) is 11.8 Å². The fourth-order valence-electron chi connectivity index (χ4n) is 2.86. The van der Waals surface area contributed by atoms with Gasteiger partial charge in [-0.3, -0.25) is 9.59 Å². The summed E-state index contributed by atoms with van der Waals surface area (Å²) in [5, 5.41) is 14.0. The van der Waals surface area contributed by atoms with E-state index in [1.807, 2.05) is 19.9 Å². The van der Waals surface area contributed by atoms with Crippen molar-refractivity contribution in [3.8, 4) is 6.07 Å². The number of hydrogen-bond donors (Lipinski definition) is 2. The molecule has 1 atom stereocenters. The molecule has 1 aliphatic carbocycles. The summed E-state index contributed by atoms with van der Waals surface area (Å²) >= 11 is 0. The number of nitrogens with one attached hydrogen (secondary N) is 2. The summed E-state index contributed by atoms with van der Waals surface area (Å²) in [5.74, 6) is 0.440. The van der Waals surface area contributed by atoms with E-state index in [0.717, 1.165) is 12.8 Å². The van der Waals surface area contributed by atoms with Crippen LogP contribution in [0.4, 0.5) is 0 Å². The first-order chi connectivity index (χ1) is 10.0. The highest BCUT2D eigenvalue weighted by molar-refractivity contribution is 5.87. The largest absolute Gasteiger partial charge is 0.344 e. The van der Waals surface area contributed by atoms with E-state index in [1.165, 1.54) is 19.3 Å². The molecule has 1 saturated carbocycles. The molecule has 0 aliphatic heterocycles. The Labute approximate surface area is 127 Å². The quantitative estimate of drug-likeness (QED) is 0.705. The Kier molecular flexibility index (Phi) is 7.81. The van der Waals surface area contributed by atoms with Gasteiger partial charge in [0.05, 0.1) is 6.07 Å². The minimum absolute atomic E-state index is 0.0138. The van der Waals surface area contributed by atoms with Crippen molar-refractivity contribution in [2.45, 2.75) is 64.8 Å². The highest BCUT2D eigenvalue weighted by Gasteiger charge is 2.25. The molecule has 0 aromatic carbocycles. The van der Waals surface area contributed by atoms with E-state index in [2.05, 4.69) is 10.6 Å². The monoisotopic (exact) mass is 293 g/mol. The molecule has 1 aliphatic rings. The van der Waals surface area contributed by atoms with Crippen molar-refractivity contribution >= 4 is 11.8 Å². The van der Waals surface area contributed by atoms with Gasteiger partial charge in [0.1, 0.15) is 12.6 Å².